The molecule has 0 atom stereocenters. The Labute approximate surface area is 144 Å². The van der Waals surface area contributed by atoms with Crippen molar-refractivity contribution in [1.82, 2.24) is 4.98 Å². The summed E-state index contributed by atoms with van der Waals surface area (Å²) in [6.45, 7) is 2.47. The number of hydrogen-bond acceptors (Lipinski definition) is 4. The van der Waals surface area contributed by atoms with Gasteiger partial charge in [0.1, 0.15) is 0 Å². The first kappa shape index (κ1) is 17.5. The highest BCUT2D eigenvalue weighted by Crippen LogP contribution is 2.30. The Morgan fingerprint density at radius 3 is 2.36 bits per heavy atom. The molecule has 0 bridgehead atoms. The van der Waals surface area contributed by atoms with Gasteiger partial charge in [-0.25, -0.2) is 0 Å². The quantitative estimate of drug-likeness (QED) is 0.821. The van der Waals surface area contributed by atoms with Crippen LogP contribution in [0.5, 0.6) is 0 Å². The second-order valence-corrected chi connectivity index (χ2v) is 6.10. The number of ether oxygens (including phenoxy) is 1. The largest absolute Gasteiger partial charge is 0.416 e. The predicted octanol–water partition coefficient (Wildman–Crippen LogP) is 4.68. The van der Waals surface area contributed by atoms with Crippen LogP contribution in [0.1, 0.15) is 18.4 Å². The summed E-state index contributed by atoms with van der Waals surface area (Å²) in [5.74, 6) is 0.584. The van der Waals surface area contributed by atoms with Crippen LogP contribution in [0.2, 0.25) is 0 Å². The molecule has 0 aliphatic carbocycles. The summed E-state index contributed by atoms with van der Waals surface area (Å²) in [7, 11) is 0. The number of rotatable bonds is 5. The molecule has 2 heterocycles. The fourth-order valence-electron chi connectivity index (χ4n) is 2.73. The average molecular weight is 351 g/mol. The maximum atomic E-state index is 12.6. The van der Waals surface area contributed by atoms with E-state index < -0.39 is 11.7 Å². The van der Waals surface area contributed by atoms with Crippen molar-refractivity contribution in [3.8, 4) is 0 Å². The number of benzene rings is 1. The Morgan fingerprint density at radius 1 is 1.00 bits per heavy atom. The summed E-state index contributed by atoms with van der Waals surface area (Å²) in [6.07, 6.45) is 1.14. The molecule has 0 unspecified atom stereocenters. The van der Waals surface area contributed by atoms with E-state index in [1.165, 1.54) is 12.1 Å². The normalized spacial score (nSPS) is 15.8. The topological polar surface area (TPSA) is 46.2 Å². The third kappa shape index (κ3) is 5.09. The van der Waals surface area contributed by atoms with Gasteiger partial charge < -0.3 is 15.4 Å². The molecule has 1 aromatic heterocycles. The van der Waals surface area contributed by atoms with Gasteiger partial charge in [-0.05, 0) is 49.1 Å². The lowest BCUT2D eigenvalue weighted by Crippen LogP contribution is -2.22. The summed E-state index contributed by atoms with van der Waals surface area (Å²) in [6, 6.07) is 6.83. The molecule has 1 aliphatic heterocycles. The van der Waals surface area contributed by atoms with Crippen LogP contribution in [0, 0.1) is 5.92 Å². The zero-order valence-electron chi connectivity index (χ0n) is 13.6. The minimum absolute atomic E-state index is 0.580. The molecule has 1 saturated heterocycles. The van der Waals surface area contributed by atoms with E-state index in [1.54, 1.807) is 12.4 Å². The van der Waals surface area contributed by atoms with Gasteiger partial charge in [-0.15, -0.1) is 0 Å². The molecule has 1 aromatic carbocycles. The molecule has 2 N–H and O–H groups in total. The third-order valence-corrected chi connectivity index (χ3v) is 4.17. The van der Waals surface area contributed by atoms with Crippen LogP contribution in [0.25, 0.3) is 0 Å². The van der Waals surface area contributed by atoms with Gasteiger partial charge in [0.2, 0.25) is 0 Å². The first-order chi connectivity index (χ1) is 12.0. The number of aromatic nitrogens is 1. The molecular formula is C18H20F3N3O. The van der Waals surface area contributed by atoms with Crippen molar-refractivity contribution < 1.29 is 17.9 Å². The number of halogens is 3. The number of hydrogen-bond donors (Lipinski definition) is 2. The van der Waals surface area contributed by atoms with Crippen LogP contribution in [0.3, 0.4) is 0 Å². The highest BCUT2D eigenvalue weighted by Gasteiger charge is 2.29. The lowest BCUT2D eigenvalue weighted by atomic mass is 10.0. The summed E-state index contributed by atoms with van der Waals surface area (Å²) in [4.78, 5) is 4.17. The molecule has 134 valence electrons. The zero-order chi connectivity index (χ0) is 17.7. The third-order valence-electron chi connectivity index (χ3n) is 4.17. The Kier molecular flexibility index (Phi) is 5.43. The lowest BCUT2D eigenvalue weighted by molar-refractivity contribution is -0.137. The monoisotopic (exact) mass is 351 g/mol. The van der Waals surface area contributed by atoms with E-state index in [0.29, 0.717) is 11.6 Å². The molecule has 0 saturated carbocycles. The summed E-state index contributed by atoms with van der Waals surface area (Å²) < 4.78 is 43.1. The van der Waals surface area contributed by atoms with Crippen LogP contribution in [0.15, 0.2) is 42.7 Å². The van der Waals surface area contributed by atoms with Crippen LogP contribution < -0.4 is 10.6 Å². The molecule has 0 amide bonds. The Hall–Kier alpha value is -2.28. The molecule has 0 spiro atoms. The Morgan fingerprint density at radius 2 is 1.68 bits per heavy atom. The number of nitrogens with zero attached hydrogens (tertiary/aromatic N) is 1. The first-order valence-electron chi connectivity index (χ1n) is 8.22. The van der Waals surface area contributed by atoms with E-state index >= 15 is 0 Å². The number of nitrogens with one attached hydrogen (secondary N) is 2. The SMILES string of the molecule is FC(F)(F)c1ccc(Nc2cncc(NCC3CCOCC3)c2)cc1. The van der Waals surface area contributed by atoms with Gasteiger partial charge in [0.05, 0.1) is 29.3 Å². The minimum atomic E-state index is -4.33. The van der Waals surface area contributed by atoms with Gasteiger partial charge in [0.25, 0.3) is 0 Å². The average Bonchev–Trinajstić information content (AvgIpc) is 2.61. The van der Waals surface area contributed by atoms with Crippen LogP contribution in [0.4, 0.5) is 30.2 Å². The van der Waals surface area contributed by atoms with Gasteiger partial charge in [0.15, 0.2) is 0 Å². The van der Waals surface area contributed by atoms with E-state index in [4.69, 9.17) is 4.74 Å². The minimum Gasteiger partial charge on any atom is -0.383 e. The fraction of sp³-hybridized carbons (Fsp3) is 0.389. The zero-order valence-corrected chi connectivity index (χ0v) is 13.6. The summed E-state index contributed by atoms with van der Waals surface area (Å²) >= 11 is 0. The summed E-state index contributed by atoms with van der Waals surface area (Å²) in [5.41, 5.74) is 1.51. The van der Waals surface area contributed by atoms with Gasteiger partial charge in [0, 0.05) is 25.4 Å². The van der Waals surface area contributed by atoms with Crippen molar-refractivity contribution in [2.45, 2.75) is 19.0 Å². The molecule has 1 aliphatic rings. The lowest BCUT2D eigenvalue weighted by Gasteiger charge is -2.22. The van der Waals surface area contributed by atoms with Crippen molar-refractivity contribution in [2.24, 2.45) is 5.92 Å². The second-order valence-electron chi connectivity index (χ2n) is 6.10. The second kappa shape index (κ2) is 7.74. The summed E-state index contributed by atoms with van der Waals surface area (Å²) in [5, 5.41) is 6.43. The van der Waals surface area contributed by atoms with E-state index in [-0.39, 0.29) is 0 Å². The molecule has 3 rings (SSSR count). The van der Waals surface area contributed by atoms with E-state index in [0.717, 1.165) is 56.1 Å². The van der Waals surface area contributed by atoms with E-state index in [1.807, 2.05) is 6.07 Å². The molecular weight excluding hydrogens is 331 g/mol. The van der Waals surface area contributed by atoms with Crippen molar-refractivity contribution in [2.75, 3.05) is 30.4 Å². The van der Waals surface area contributed by atoms with Gasteiger partial charge >= 0.3 is 6.18 Å². The molecule has 2 aromatic rings. The number of pyridine rings is 1. The Balaban J connectivity index is 1.59. The van der Waals surface area contributed by atoms with Gasteiger partial charge in [-0.2, -0.15) is 13.2 Å². The van der Waals surface area contributed by atoms with Gasteiger partial charge in [-0.3, -0.25) is 4.98 Å². The van der Waals surface area contributed by atoms with Crippen LogP contribution in [-0.4, -0.2) is 24.7 Å². The molecule has 7 heteroatoms. The smallest absolute Gasteiger partial charge is 0.383 e. The standard InChI is InChI=1S/C18H20F3N3O/c19-18(20,21)14-1-3-15(4-2-14)24-17-9-16(11-22-12-17)23-10-13-5-7-25-8-6-13/h1-4,9,11-13,23-24H,5-8,10H2. The maximum absolute atomic E-state index is 12.6. The molecule has 1 fully saturated rings. The van der Waals surface area contributed by atoms with Crippen LogP contribution in [-0.2, 0) is 10.9 Å². The van der Waals surface area contributed by atoms with E-state index in [9.17, 15) is 13.2 Å². The molecule has 4 nitrogen and oxygen atoms in total. The number of anilines is 3. The van der Waals surface area contributed by atoms with Crippen molar-refractivity contribution in [3.05, 3.63) is 48.3 Å². The van der Waals surface area contributed by atoms with Crippen molar-refractivity contribution >= 4 is 17.1 Å². The highest BCUT2D eigenvalue weighted by atomic mass is 19.4. The Bertz CT molecular complexity index is 683. The van der Waals surface area contributed by atoms with Gasteiger partial charge in [-0.1, -0.05) is 0 Å². The van der Waals surface area contributed by atoms with E-state index in [2.05, 4.69) is 15.6 Å². The first-order valence-corrected chi connectivity index (χ1v) is 8.22. The van der Waals surface area contributed by atoms with Crippen molar-refractivity contribution in [1.29, 1.82) is 0 Å². The molecule has 25 heavy (non-hydrogen) atoms. The molecule has 0 radical (unpaired) electrons. The highest BCUT2D eigenvalue weighted by molar-refractivity contribution is 5.63. The van der Waals surface area contributed by atoms with Crippen molar-refractivity contribution in [3.63, 3.8) is 0 Å². The number of alkyl halides is 3. The maximum Gasteiger partial charge on any atom is 0.416 e. The predicted molar refractivity (Wildman–Crippen MR) is 91.0 cm³/mol. The van der Waals surface area contributed by atoms with Crippen LogP contribution >= 0.6 is 0 Å². The fourth-order valence-corrected chi connectivity index (χ4v) is 2.73.